The SMILES string of the molecule is C1COCCOCCOCCOCCOCCO1.O=S(=O)([O-])C(F)(F)F.[K+]. The molecule has 158 valence electrons. The van der Waals surface area contributed by atoms with Crippen molar-refractivity contribution in [1.82, 2.24) is 0 Å². The molecular formula is C13H24F3KO9S. The van der Waals surface area contributed by atoms with E-state index >= 15 is 0 Å². The summed E-state index contributed by atoms with van der Waals surface area (Å²) < 4.78 is 90.9. The van der Waals surface area contributed by atoms with Crippen LogP contribution in [0.15, 0.2) is 0 Å². The maximum absolute atomic E-state index is 10.7. The number of alkyl halides is 3. The summed E-state index contributed by atoms with van der Waals surface area (Å²) in [6.07, 6.45) is 0. The smallest absolute Gasteiger partial charge is 0.741 e. The maximum Gasteiger partial charge on any atom is 1.00 e. The summed E-state index contributed by atoms with van der Waals surface area (Å²) in [4.78, 5) is 0. The van der Waals surface area contributed by atoms with Gasteiger partial charge in [0.25, 0.3) is 0 Å². The van der Waals surface area contributed by atoms with Crippen LogP contribution in [0.1, 0.15) is 0 Å². The molecule has 27 heavy (non-hydrogen) atoms. The first-order valence-corrected chi connectivity index (χ1v) is 9.14. The molecule has 0 aromatic rings. The van der Waals surface area contributed by atoms with Gasteiger partial charge in [0.15, 0.2) is 10.1 Å². The summed E-state index contributed by atoms with van der Waals surface area (Å²) >= 11 is 0. The van der Waals surface area contributed by atoms with Gasteiger partial charge in [-0.2, -0.15) is 13.2 Å². The molecule has 1 aliphatic heterocycles. The van der Waals surface area contributed by atoms with E-state index in [0.29, 0.717) is 79.3 Å². The molecule has 0 spiro atoms. The van der Waals surface area contributed by atoms with E-state index in [1.165, 1.54) is 0 Å². The van der Waals surface area contributed by atoms with Crippen LogP contribution in [-0.4, -0.2) is 97.8 Å². The van der Waals surface area contributed by atoms with Crippen molar-refractivity contribution in [2.45, 2.75) is 5.51 Å². The number of hydrogen-bond acceptors (Lipinski definition) is 9. The Labute approximate surface area is 199 Å². The number of rotatable bonds is 0. The van der Waals surface area contributed by atoms with Gasteiger partial charge < -0.3 is 33.0 Å². The third-order valence-corrected chi connectivity index (χ3v) is 3.08. The Hall–Kier alpha value is 1.10. The van der Waals surface area contributed by atoms with Crippen molar-refractivity contribution in [2.24, 2.45) is 0 Å². The summed E-state index contributed by atoms with van der Waals surface area (Å²) in [5.41, 5.74) is -5.65. The van der Waals surface area contributed by atoms with Crippen LogP contribution in [0.4, 0.5) is 13.2 Å². The molecule has 1 fully saturated rings. The Kier molecular flexibility index (Phi) is 21.4. The Morgan fingerprint density at radius 2 is 0.667 bits per heavy atom. The zero-order valence-electron chi connectivity index (χ0n) is 15.2. The van der Waals surface area contributed by atoms with Gasteiger partial charge in [0, 0.05) is 0 Å². The average molecular weight is 452 g/mol. The van der Waals surface area contributed by atoms with E-state index in [-0.39, 0.29) is 51.4 Å². The van der Waals surface area contributed by atoms with Crippen LogP contribution >= 0.6 is 0 Å². The molecule has 0 radical (unpaired) electrons. The fourth-order valence-corrected chi connectivity index (χ4v) is 1.32. The van der Waals surface area contributed by atoms with Crippen LogP contribution in [0.25, 0.3) is 0 Å². The van der Waals surface area contributed by atoms with Crippen LogP contribution in [0.5, 0.6) is 0 Å². The van der Waals surface area contributed by atoms with Crippen molar-refractivity contribution in [3.8, 4) is 0 Å². The van der Waals surface area contributed by atoms with Crippen molar-refractivity contribution >= 4 is 10.1 Å². The van der Waals surface area contributed by atoms with Crippen molar-refractivity contribution in [1.29, 1.82) is 0 Å². The molecule has 0 bridgehead atoms. The molecule has 0 atom stereocenters. The summed E-state index contributed by atoms with van der Waals surface area (Å²) in [5.74, 6) is 0. The van der Waals surface area contributed by atoms with E-state index < -0.39 is 15.6 Å². The van der Waals surface area contributed by atoms with Gasteiger partial charge in [0.05, 0.1) is 79.3 Å². The monoisotopic (exact) mass is 452 g/mol. The summed E-state index contributed by atoms with van der Waals surface area (Å²) in [7, 11) is -6.09. The molecule has 0 aliphatic carbocycles. The maximum atomic E-state index is 10.7. The number of hydrogen-bond donors (Lipinski definition) is 0. The molecule has 0 aromatic carbocycles. The summed E-state index contributed by atoms with van der Waals surface area (Å²) in [5, 5.41) is 0. The van der Waals surface area contributed by atoms with Crippen LogP contribution in [0, 0.1) is 0 Å². The minimum atomic E-state index is -6.09. The second kappa shape index (κ2) is 19.1. The first-order chi connectivity index (χ1) is 12.2. The van der Waals surface area contributed by atoms with Crippen LogP contribution in [0.3, 0.4) is 0 Å². The third-order valence-electron chi connectivity index (χ3n) is 2.52. The number of halogens is 3. The molecule has 0 N–H and O–H groups in total. The van der Waals surface area contributed by atoms with E-state index in [0.717, 1.165) is 0 Å². The van der Waals surface area contributed by atoms with Gasteiger partial charge >= 0.3 is 56.9 Å². The number of ether oxygens (including phenoxy) is 6. The first-order valence-electron chi connectivity index (χ1n) is 7.74. The zero-order chi connectivity index (χ0) is 19.7. The predicted octanol–water partition coefficient (Wildman–Crippen LogP) is -2.84. The van der Waals surface area contributed by atoms with Gasteiger partial charge in [-0.3, -0.25) is 0 Å². The van der Waals surface area contributed by atoms with E-state index in [2.05, 4.69) is 0 Å². The van der Waals surface area contributed by atoms with Crippen LogP contribution in [-0.2, 0) is 38.5 Å². The molecular weight excluding hydrogens is 428 g/mol. The quantitative estimate of drug-likeness (QED) is 0.218. The molecule has 0 unspecified atom stereocenters. The van der Waals surface area contributed by atoms with E-state index in [9.17, 15) is 13.2 Å². The third kappa shape index (κ3) is 21.6. The Balaban J connectivity index is 0. The van der Waals surface area contributed by atoms with Gasteiger partial charge in [-0.15, -0.1) is 0 Å². The fourth-order valence-electron chi connectivity index (χ4n) is 1.32. The molecule has 1 heterocycles. The second-order valence-electron chi connectivity index (χ2n) is 4.57. The zero-order valence-corrected chi connectivity index (χ0v) is 19.1. The van der Waals surface area contributed by atoms with Gasteiger partial charge in [0.2, 0.25) is 0 Å². The molecule has 1 saturated heterocycles. The molecule has 14 heteroatoms. The van der Waals surface area contributed by atoms with Gasteiger partial charge in [0.1, 0.15) is 0 Å². The van der Waals surface area contributed by atoms with E-state index in [1.807, 2.05) is 0 Å². The standard InChI is InChI=1S/C12H24O6.CHF3O3S.K/c1-2-14-5-6-16-9-10-18-12-11-17-8-7-15-4-3-13-1;2-1(3,4)8(5,6)7;/h1-12H2;(H,5,6,7);/q;;+1/p-1. The van der Waals surface area contributed by atoms with E-state index in [4.69, 9.17) is 41.4 Å². The molecule has 1 aliphatic rings. The second-order valence-corrected chi connectivity index (χ2v) is 5.95. The summed E-state index contributed by atoms with van der Waals surface area (Å²) in [6, 6.07) is 0. The van der Waals surface area contributed by atoms with Crippen molar-refractivity contribution in [3.63, 3.8) is 0 Å². The summed E-state index contributed by atoms with van der Waals surface area (Å²) in [6.45, 7) is 7.04. The van der Waals surface area contributed by atoms with Gasteiger partial charge in [-0.05, 0) is 0 Å². The first kappa shape index (κ1) is 30.3. The average Bonchev–Trinajstić information content (AvgIpc) is 2.54. The molecule has 0 amide bonds. The minimum Gasteiger partial charge on any atom is -0.741 e. The van der Waals surface area contributed by atoms with Crippen LogP contribution in [0.2, 0.25) is 0 Å². The van der Waals surface area contributed by atoms with Crippen molar-refractivity contribution in [2.75, 3.05) is 79.3 Å². The molecule has 1 rings (SSSR count). The minimum absolute atomic E-state index is 0. The Morgan fingerprint density at radius 3 is 0.741 bits per heavy atom. The van der Waals surface area contributed by atoms with Gasteiger partial charge in [-0.25, -0.2) is 8.42 Å². The van der Waals surface area contributed by atoms with Gasteiger partial charge in [-0.1, -0.05) is 0 Å². The largest absolute Gasteiger partial charge is 1.00 e. The van der Waals surface area contributed by atoms with Crippen molar-refractivity contribution in [3.05, 3.63) is 0 Å². The normalized spacial score (nSPS) is 20.1. The molecule has 0 saturated carbocycles. The van der Waals surface area contributed by atoms with Crippen molar-refractivity contribution < 1.29 is 106 Å². The topological polar surface area (TPSA) is 113 Å². The Bertz CT molecular complexity index is 349. The molecule has 9 nitrogen and oxygen atoms in total. The predicted molar refractivity (Wildman–Crippen MR) is 80.7 cm³/mol. The fraction of sp³-hybridized carbons (Fsp3) is 1.00. The Morgan fingerprint density at radius 1 is 0.556 bits per heavy atom. The molecule has 0 aromatic heterocycles. The van der Waals surface area contributed by atoms with Crippen LogP contribution < -0.4 is 51.4 Å². The van der Waals surface area contributed by atoms with E-state index in [1.54, 1.807) is 0 Å².